The summed E-state index contributed by atoms with van der Waals surface area (Å²) in [7, 11) is 1.94. The number of likely N-dealkylation sites (N-methyl/N-ethyl adjacent to an activating group) is 1. The summed E-state index contributed by atoms with van der Waals surface area (Å²) in [6.45, 7) is 0.466. The van der Waals surface area contributed by atoms with Crippen LogP contribution in [0.15, 0.2) is 24.3 Å². The molecule has 0 unspecified atom stereocenters. The summed E-state index contributed by atoms with van der Waals surface area (Å²) in [5.74, 6) is 1.03. The maximum atomic E-state index is 12.8. The summed E-state index contributed by atoms with van der Waals surface area (Å²) in [6.07, 6.45) is 7.31. The van der Waals surface area contributed by atoms with Crippen LogP contribution in [0.25, 0.3) is 11.0 Å². The van der Waals surface area contributed by atoms with Gasteiger partial charge in [0, 0.05) is 26.1 Å². The van der Waals surface area contributed by atoms with E-state index in [-0.39, 0.29) is 12.5 Å². The molecular formula is C19H27N3O2. The van der Waals surface area contributed by atoms with Gasteiger partial charge < -0.3 is 14.6 Å². The summed E-state index contributed by atoms with van der Waals surface area (Å²) >= 11 is 0. The average Bonchev–Trinajstić information content (AvgIpc) is 2.97. The van der Waals surface area contributed by atoms with Gasteiger partial charge in [-0.1, -0.05) is 31.4 Å². The van der Waals surface area contributed by atoms with Gasteiger partial charge in [0.05, 0.1) is 11.0 Å². The molecule has 1 saturated carbocycles. The van der Waals surface area contributed by atoms with Crippen molar-refractivity contribution in [2.75, 3.05) is 13.7 Å². The number of rotatable bonds is 6. The largest absolute Gasteiger partial charge is 0.396 e. The maximum absolute atomic E-state index is 12.8. The fourth-order valence-corrected chi connectivity index (χ4v) is 3.65. The molecule has 0 spiro atoms. The molecule has 1 heterocycles. The number of para-hydroxylation sites is 2. The van der Waals surface area contributed by atoms with Crippen molar-refractivity contribution in [1.82, 2.24) is 14.5 Å². The van der Waals surface area contributed by atoms with Crippen LogP contribution >= 0.6 is 0 Å². The van der Waals surface area contributed by atoms with Crippen molar-refractivity contribution in [1.29, 1.82) is 0 Å². The van der Waals surface area contributed by atoms with Crippen molar-refractivity contribution in [2.24, 2.45) is 0 Å². The van der Waals surface area contributed by atoms with Crippen LogP contribution in [-0.4, -0.2) is 45.2 Å². The second-order valence-corrected chi connectivity index (χ2v) is 6.73. The van der Waals surface area contributed by atoms with Gasteiger partial charge in [-0.05, 0) is 31.4 Å². The van der Waals surface area contributed by atoms with Crippen molar-refractivity contribution in [3.8, 4) is 0 Å². The third kappa shape index (κ3) is 3.61. The van der Waals surface area contributed by atoms with E-state index in [0.717, 1.165) is 29.7 Å². The van der Waals surface area contributed by atoms with Crippen LogP contribution in [0.1, 0.15) is 44.3 Å². The molecule has 24 heavy (non-hydrogen) atoms. The first-order valence-corrected chi connectivity index (χ1v) is 9.01. The van der Waals surface area contributed by atoms with Crippen molar-refractivity contribution in [3.05, 3.63) is 30.1 Å². The minimum Gasteiger partial charge on any atom is -0.396 e. The highest BCUT2D eigenvalue weighted by molar-refractivity contribution is 5.81. The van der Waals surface area contributed by atoms with E-state index in [9.17, 15) is 4.79 Å². The van der Waals surface area contributed by atoms with Crippen LogP contribution in [0.3, 0.4) is 0 Å². The molecule has 1 aromatic carbocycles. The van der Waals surface area contributed by atoms with Crippen LogP contribution in [0.2, 0.25) is 0 Å². The Morgan fingerprint density at radius 2 is 2.04 bits per heavy atom. The van der Waals surface area contributed by atoms with Gasteiger partial charge in [-0.15, -0.1) is 0 Å². The number of nitrogens with zero attached hydrogens (tertiary/aromatic N) is 3. The molecule has 2 aromatic rings. The van der Waals surface area contributed by atoms with Gasteiger partial charge in [-0.3, -0.25) is 4.79 Å². The van der Waals surface area contributed by atoms with Crippen LogP contribution in [0.4, 0.5) is 0 Å². The molecule has 130 valence electrons. The monoisotopic (exact) mass is 329 g/mol. The van der Waals surface area contributed by atoms with E-state index >= 15 is 0 Å². The molecule has 0 radical (unpaired) electrons. The predicted octanol–water partition coefficient (Wildman–Crippen LogP) is 2.75. The maximum Gasteiger partial charge on any atom is 0.242 e. The van der Waals surface area contributed by atoms with Gasteiger partial charge in [0.2, 0.25) is 5.91 Å². The molecule has 0 atom stereocenters. The lowest BCUT2D eigenvalue weighted by atomic mass is 9.94. The number of amides is 1. The van der Waals surface area contributed by atoms with E-state index in [4.69, 9.17) is 5.11 Å². The summed E-state index contributed by atoms with van der Waals surface area (Å²) in [4.78, 5) is 19.4. The zero-order chi connectivity index (χ0) is 16.9. The van der Waals surface area contributed by atoms with Crippen LogP contribution < -0.4 is 0 Å². The van der Waals surface area contributed by atoms with Gasteiger partial charge in [0.25, 0.3) is 0 Å². The molecule has 1 N–H and O–H groups in total. The van der Waals surface area contributed by atoms with E-state index in [2.05, 4.69) is 4.98 Å². The molecule has 0 saturated heterocycles. The predicted molar refractivity (Wildman–Crippen MR) is 94.8 cm³/mol. The molecule has 1 aliphatic rings. The third-order valence-corrected chi connectivity index (χ3v) is 5.10. The van der Waals surface area contributed by atoms with E-state index in [1.807, 2.05) is 40.8 Å². The Kier molecular flexibility index (Phi) is 5.51. The molecule has 3 rings (SSSR count). The first-order valence-electron chi connectivity index (χ1n) is 9.01. The van der Waals surface area contributed by atoms with Crippen LogP contribution in [0.5, 0.6) is 0 Å². The fourth-order valence-electron chi connectivity index (χ4n) is 3.65. The average molecular weight is 329 g/mol. The highest BCUT2D eigenvalue weighted by Crippen LogP contribution is 2.23. The molecule has 1 aromatic heterocycles. The molecule has 0 bridgehead atoms. The highest BCUT2D eigenvalue weighted by Gasteiger charge is 2.23. The SMILES string of the molecule is CN(C(=O)Cn1c(CCCO)nc2ccccc21)C1CCCCC1. The lowest BCUT2D eigenvalue weighted by Crippen LogP contribution is -2.40. The first-order chi connectivity index (χ1) is 11.7. The number of benzene rings is 1. The number of aryl methyl sites for hydroxylation is 1. The minimum atomic E-state index is 0.138. The summed E-state index contributed by atoms with van der Waals surface area (Å²) in [6, 6.07) is 8.31. The molecule has 5 heteroatoms. The van der Waals surface area contributed by atoms with Crippen molar-refractivity contribution in [3.63, 3.8) is 0 Å². The Balaban J connectivity index is 1.80. The molecule has 1 amide bonds. The quantitative estimate of drug-likeness (QED) is 0.886. The Morgan fingerprint density at radius 1 is 1.29 bits per heavy atom. The topological polar surface area (TPSA) is 58.4 Å². The Hall–Kier alpha value is -1.88. The number of carbonyl (C=O) groups excluding carboxylic acids is 1. The standard InChI is InChI=1S/C19H27N3O2/c1-21(15-8-3-2-4-9-15)19(24)14-22-17-11-6-5-10-16(17)20-18(22)12-7-13-23/h5-6,10-11,15,23H,2-4,7-9,12-14H2,1H3. The van der Waals surface area contributed by atoms with Crippen LogP contribution in [0, 0.1) is 0 Å². The van der Waals surface area contributed by atoms with Gasteiger partial charge >= 0.3 is 0 Å². The van der Waals surface area contributed by atoms with E-state index in [1.54, 1.807) is 0 Å². The first kappa shape index (κ1) is 17.0. The number of hydrogen-bond acceptors (Lipinski definition) is 3. The number of aliphatic hydroxyl groups excluding tert-OH is 1. The smallest absolute Gasteiger partial charge is 0.242 e. The summed E-state index contributed by atoms with van der Waals surface area (Å²) in [5.41, 5.74) is 1.91. The number of aliphatic hydroxyl groups is 1. The molecule has 0 aliphatic heterocycles. The Morgan fingerprint density at radius 3 is 2.79 bits per heavy atom. The fraction of sp³-hybridized carbons (Fsp3) is 0.579. The molecule has 1 aliphatic carbocycles. The molecule has 5 nitrogen and oxygen atoms in total. The normalized spacial score (nSPS) is 15.8. The lowest BCUT2D eigenvalue weighted by Gasteiger charge is -2.31. The highest BCUT2D eigenvalue weighted by atomic mass is 16.3. The Labute approximate surface area is 143 Å². The summed E-state index contributed by atoms with van der Waals surface area (Å²) in [5, 5.41) is 9.12. The number of aromatic nitrogens is 2. The molecule has 1 fully saturated rings. The van der Waals surface area contributed by atoms with Crippen molar-refractivity contribution < 1.29 is 9.90 Å². The number of fused-ring (bicyclic) bond motifs is 1. The van der Waals surface area contributed by atoms with Gasteiger partial charge in [-0.25, -0.2) is 4.98 Å². The zero-order valence-corrected chi connectivity index (χ0v) is 14.4. The third-order valence-electron chi connectivity index (χ3n) is 5.10. The Bertz CT molecular complexity index is 689. The van der Waals surface area contributed by atoms with Crippen LogP contribution in [-0.2, 0) is 17.8 Å². The summed E-state index contributed by atoms with van der Waals surface area (Å²) < 4.78 is 2.02. The zero-order valence-electron chi connectivity index (χ0n) is 14.4. The number of carbonyl (C=O) groups is 1. The second-order valence-electron chi connectivity index (χ2n) is 6.73. The lowest BCUT2D eigenvalue weighted by molar-refractivity contribution is -0.133. The number of imidazole rings is 1. The van der Waals surface area contributed by atoms with Gasteiger partial charge in [0.15, 0.2) is 0 Å². The second kappa shape index (κ2) is 7.79. The molecular weight excluding hydrogens is 302 g/mol. The van der Waals surface area contributed by atoms with E-state index < -0.39 is 0 Å². The van der Waals surface area contributed by atoms with Gasteiger partial charge in [0.1, 0.15) is 12.4 Å². The van der Waals surface area contributed by atoms with Crippen molar-refractivity contribution >= 4 is 16.9 Å². The van der Waals surface area contributed by atoms with Gasteiger partial charge in [-0.2, -0.15) is 0 Å². The van der Waals surface area contributed by atoms with Crippen molar-refractivity contribution in [2.45, 2.75) is 57.5 Å². The van der Waals surface area contributed by atoms with E-state index in [0.29, 0.717) is 25.4 Å². The number of hydrogen-bond donors (Lipinski definition) is 1. The van der Waals surface area contributed by atoms with E-state index in [1.165, 1.54) is 19.3 Å². The minimum absolute atomic E-state index is 0.138.